The summed E-state index contributed by atoms with van der Waals surface area (Å²) in [5.41, 5.74) is 0.511. The monoisotopic (exact) mass is 390 g/mol. The number of carbonyl (C=O) groups is 3. The first-order chi connectivity index (χ1) is 13.0. The first kappa shape index (κ1) is 18.8. The number of furan rings is 1. The first-order valence-electron chi connectivity index (χ1n) is 7.93. The molecule has 27 heavy (non-hydrogen) atoms. The number of amides is 4. The molecule has 0 bridgehead atoms. The lowest BCUT2D eigenvalue weighted by Crippen LogP contribution is -2.54. The molecule has 9 heteroatoms. The van der Waals surface area contributed by atoms with Crippen molar-refractivity contribution in [3.05, 3.63) is 52.8 Å². The van der Waals surface area contributed by atoms with Crippen molar-refractivity contribution in [2.75, 3.05) is 19.9 Å². The van der Waals surface area contributed by atoms with Crippen LogP contribution in [0.4, 0.5) is 4.79 Å². The highest BCUT2D eigenvalue weighted by Crippen LogP contribution is 2.25. The summed E-state index contributed by atoms with van der Waals surface area (Å²) < 4.78 is 10.6. The average Bonchev–Trinajstić information content (AvgIpc) is 3.11. The maximum atomic E-state index is 12.4. The number of benzene rings is 1. The average molecular weight is 391 g/mol. The third kappa shape index (κ3) is 4.25. The predicted octanol–water partition coefficient (Wildman–Crippen LogP) is 2.03. The Morgan fingerprint density at radius 3 is 2.59 bits per heavy atom. The molecule has 2 heterocycles. The number of nitrogens with one attached hydrogen (secondary N) is 1. The molecule has 1 aromatic carbocycles. The summed E-state index contributed by atoms with van der Waals surface area (Å²) >= 11 is 5.86. The number of nitrogens with zero attached hydrogens (tertiary/aromatic N) is 1. The molecule has 8 nitrogen and oxygen atoms in total. The van der Waals surface area contributed by atoms with Gasteiger partial charge in [0.15, 0.2) is 0 Å². The Morgan fingerprint density at radius 1 is 1.15 bits per heavy atom. The maximum Gasteiger partial charge on any atom is 0.333 e. The van der Waals surface area contributed by atoms with Crippen molar-refractivity contribution in [3.63, 3.8) is 0 Å². The number of hydrogen-bond acceptors (Lipinski definition) is 6. The van der Waals surface area contributed by atoms with Gasteiger partial charge in [-0.15, -0.1) is 0 Å². The molecule has 0 aliphatic carbocycles. The van der Waals surface area contributed by atoms with Gasteiger partial charge in [0.2, 0.25) is 0 Å². The van der Waals surface area contributed by atoms with Gasteiger partial charge in [-0.2, -0.15) is 0 Å². The first-order valence-corrected chi connectivity index (χ1v) is 8.30. The van der Waals surface area contributed by atoms with E-state index in [0.29, 0.717) is 10.8 Å². The summed E-state index contributed by atoms with van der Waals surface area (Å²) in [5.74, 6) is -0.843. The summed E-state index contributed by atoms with van der Waals surface area (Å²) in [6, 6.07) is 9.37. The Hall–Kier alpha value is -2.94. The fourth-order valence-electron chi connectivity index (χ4n) is 2.37. The molecule has 1 aliphatic heterocycles. The molecule has 1 aliphatic rings. The van der Waals surface area contributed by atoms with Gasteiger partial charge in [-0.05, 0) is 42.5 Å². The van der Waals surface area contributed by atoms with E-state index in [4.69, 9.17) is 25.9 Å². The molecule has 1 saturated heterocycles. The molecule has 1 fully saturated rings. The van der Waals surface area contributed by atoms with Gasteiger partial charge in [-0.3, -0.25) is 14.9 Å². The second kappa shape index (κ2) is 8.17. The molecule has 140 valence electrons. The van der Waals surface area contributed by atoms with E-state index in [-0.39, 0.29) is 31.3 Å². The molecule has 0 radical (unpaired) electrons. The number of urea groups is 1. The number of barbiturate groups is 1. The Labute approximate surface area is 159 Å². The van der Waals surface area contributed by atoms with Gasteiger partial charge in [0.05, 0.1) is 13.2 Å². The van der Waals surface area contributed by atoms with Gasteiger partial charge in [0.25, 0.3) is 11.8 Å². The van der Waals surface area contributed by atoms with Crippen LogP contribution in [0.15, 0.2) is 46.4 Å². The molecule has 4 amide bonds. The number of aliphatic hydroxyl groups excluding tert-OH is 1. The van der Waals surface area contributed by atoms with Crippen molar-refractivity contribution in [2.45, 2.75) is 0 Å². The van der Waals surface area contributed by atoms with Crippen molar-refractivity contribution in [1.29, 1.82) is 0 Å². The zero-order valence-corrected chi connectivity index (χ0v) is 14.7. The van der Waals surface area contributed by atoms with Crippen molar-refractivity contribution in [3.8, 4) is 11.3 Å². The number of halogens is 1. The number of carbonyl (C=O) groups excluding carboxylic acids is 3. The molecule has 2 aromatic rings. The minimum absolute atomic E-state index is 0.0489. The lowest BCUT2D eigenvalue weighted by Gasteiger charge is -2.25. The summed E-state index contributed by atoms with van der Waals surface area (Å²) in [6.45, 7) is -0.693. The largest absolute Gasteiger partial charge is 0.457 e. The van der Waals surface area contributed by atoms with E-state index in [1.165, 1.54) is 6.08 Å². The maximum absolute atomic E-state index is 12.4. The molecule has 2 N–H and O–H groups in total. The van der Waals surface area contributed by atoms with Gasteiger partial charge >= 0.3 is 6.03 Å². The van der Waals surface area contributed by atoms with E-state index in [1.54, 1.807) is 36.4 Å². The van der Waals surface area contributed by atoms with Crippen LogP contribution in [0, 0.1) is 0 Å². The Bertz CT molecular complexity index is 903. The predicted molar refractivity (Wildman–Crippen MR) is 95.4 cm³/mol. The number of ether oxygens (including phenoxy) is 1. The van der Waals surface area contributed by atoms with Crippen LogP contribution in [0.1, 0.15) is 5.76 Å². The van der Waals surface area contributed by atoms with Crippen LogP contribution in [0.5, 0.6) is 0 Å². The third-order valence-corrected chi connectivity index (χ3v) is 3.94. The second-order valence-electron chi connectivity index (χ2n) is 5.52. The van der Waals surface area contributed by atoms with E-state index in [1.807, 2.05) is 0 Å². The molecule has 3 rings (SSSR count). The zero-order chi connectivity index (χ0) is 19.4. The molecule has 0 atom stereocenters. The summed E-state index contributed by atoms with van der Waals surface area (Å²) in [5, 5.41) is 11.4. The van der Waals surface area contributed by atoms with Gasteiger partial charge in [-0.1, -0.05) is 11.6 Å². The highest BCUT2D eigenvalue weighted by Gasteiger charge is 2.36. The lowest BCUT2D eigenvalue weighted by molar-refractivity contribution is -0.133. The van der Waals surface area contributed by atoms with Crippen molar-refractivity contribution in [1.82, 2.24) is 10.2 Å². The lowest BCUT2D eigenvalue weighted by atomic mass is 10.1. The van der Waals surface area contributed by atoms with Gasteiger partial charge in [-0.25, -0.2) is 9.69 Å². The van der Waals surface area contributed by atoms with Gasteiger partial charge < -0.3 is 14.3 Å². The van der Waals surface area contributed by atoms with Crippen LogP contribution < -0.4 is 5.32 Å². The number of rotatable bonds is 6. The molecule has 1 aromatic heterocycles. The normalized spacial score (nSPS) is 16.1. The molecule has 0 unspecified atom stereocenters. The number of hydrogen-bond donors (Lipinski definition) is 2. The second-order valence-corrected chi connectivity index (χ2v) is 5.96. The standard InChI is InChI=1S/C18H15ClN2O6/c19-12-3-1-11(2-4-12)15-6-5-13(27-15)9-14-16(23)20-18(25)21(17(14)24)10-26-8-7-22/h1-6,9,22H,7-8,10H2,(H,20,23,25)/b14-9+. The van der Waals surface area contributed by atoms with Gasteiger partial charge in [0, 0.05) is 10.6 Å². The Kier molecular flexibility index (Phi) is 5.70. The van der Waals surface area contributed by atoms with E-state index in [2.05, 4.69) is 5.32 Å². The highest BCUT2D eigenvalue weighted by atomic mass is 35.5. The molecule has 0 spiro atoms. The Morgan fingerprint density at radius 2 is 1.89 bits per heavy atom. The van der Waals surface area contributed by atoms with Crippen molar-refractivity contribution < 1.29 is 28.6 Å². The number of aliphatic hydroxyl groups is 1. The fraction of sp³-hybridized carbons (Fsp3) is 0.167. The Balaban J connectivity index is 1.82. The van der Waals surface area contributed by atoms with E-state index < -0.39 is 17.8 Å². The van der Waals surface area contributed by atoms with Crippen molar-refractivity contribution in [2.24, 2.45) is 0 Å². The fourth-order valence-corrected chi connectivity index (χ4v) is 2.50. The molecular formula is C18H15ClN2O6. The topological polar surface area (TPSA) is 109 Å². The molecular weight excluding hydrogens is 376 g/mol. The van der Waals surface area contributed by atoms with E-state index in [0.717, 1.165) is 10.5 Å². The van der Waals surface area contributed by atoms with Crippen LogP contribution in [-0.4, -0.2) is 47.8 Å². The smallest absolute Gasteiger partial charge is 0.333 e. The van der Waals surface area contributed by atoms with Crippen LogP contribution in [0.25, 0.3) is 17.4 Å². The highest BCUT2D eigenvalue weighted by molar-refractivity contribution is 6.31. The van der Waals surface area contributed by atoms with E-state index >= 15 is 0 Å². The van der Waals surface area contributed by atoms with Crippen LogP contribution >= 0.6 is 11.6 Å². The minimum Gasteiger partial charge on any atom is -0.457 e. The number of imide groups is 2. The third-order valence-electron chi connectivity index (χ3n) is 3.68. The quantitative estimate of drug-likeness (QED) is 0.443. The van der Waals surface area contributed by atoms with Crippen LogP contribution in [0.3, 0.4) is 0 Å². The SMILES string of the molecule is O=C1NC(=O)N(COCCO)C(=O)/C1=C/c1ccc(-c2ccc(Cl)cc2)o1. The minimum atomic E-state index is -0.888. The zero-order valence-electron chi connectivity index (χ0n) is 14.0. The van der Waals surface area contributed by atoms with E-state index in [9.17, 15) is 14.4 Å². The summed E-state index contributed by atoms with van der Waals surface area (Å²) in [7, 11) is 0. The van der Waals surface area contributed by atoms with Crippen LogP contribution in [-0.2, 0) is 14.3 Å². The van der Waals surface area contributed by atoms with Crippen molar-refractivity contribution >= 4 is 35.5 Å². The summed E-state index contributed by atoms with van der Waals surface area (Å²) in [6.07, 6.45) is 1.25. The summed E-state index contributed by atoms with van der Waals surface area (Å²) in [4.78, 5) is 37.0. The van der Waals surface area contributed by atoms with Crippen LogP contribution in [0.2, 0.25) is 5.02 Å². The molecule has 0 saturated carbocycles. The van der Waals surface area contributed by atoms with Gasteiger partial charge in [0.1, 0.15) is 23.8 Å².